The minimum absolute atomic E-state index is 0.161. The number of nitrogens with one attached hydrogen (secondary N) is 1. The van der Waals surface area contributed by atoms with Gasteiger partial charge in [0, 0.05) is 29.3 Å². The van der Waals surface area contributed by atoms with Crippen LogP contribution in [0.25, 0.3) is 0 Å². The van der Waals surface area contributed by atoms with E-state index in [1.165, 1.54) is 0 Å². The summed E-state index contributed by atoms with van der Waals surface area (Å²) in [7, 11) is 0. The number of aromatic nitrogens is 1. The van der Waals surface area contributed by atoms with Crippen molar-refractivity contribution in [2.75, 3.05) is 12.1 Å². The summed E-state index contributed by atoms with van der Waals surface area (Å²) in [6, 6.07) is 5.06. The Balaban J connectivity index is 1.88. The highest BCUT2D eigenvalue weighted by atomic mass is 79.9. The zero-order valence-corrected chi connectivity index (χ0v) is 13.5. The van der Waals surface area contributed by atoms with Crippen LogP contribution in [0.5, 0.6) is 11.5 Å². The van der Waals surface area contributed by atoms with E-state index in [2.05, 4.69) is 21.2 Å². The lowest BCUT2D eigenvalue weighted by Gasteiger charge is -2.10. The first-order chi connectivity index (χ1) is 10.1. The maximum Gasteiger partial charge on any atom is 0.272 e. The minimum atomic E-state index is -0.233. The third kappa shape index (κ3) is 2.73. The lowest BCUT2D eigenvalue weighted by atomic mass is 10.2. The number of rotatable bonds is 3. The molecule has 0 bridgehead atoms. The fourth-order valence-corrected chi connectivity index (χ4v) is 2.79. The number of hydrogen-bond donors (Lipinski definition) is 1. The molecule has 0 aliphatic carbocycles. The number of ether oxygens (including phenoxy) is 2. The lowest BCUT2D eigenvalue weighted by molar-refractivity contribution is 0.101. The van der Waals surface area contributed by atoms with E-state index >= 15 is 0 Å². The van der Waals surface area contributed by atoms with Gasteiger partial charge in [-0.15, -0.1) is 0 Å². The van der Waals surface area contributed by atoms with Gasteiger partial charge >= 0.3 is 0 Å². The van der Waals surface area contributed by atoms with Crippen molar-refractivity contribution in [3.63, 3.8) is 0 Å². The van der Waals surface area contributed by atoms with E-state index in [-0.39, 0.29) is 12.7 Å². The number of hydrogen-bond acceptors (Lipinski definition) is 3. The van der Waals surface area contributed by atoms with Gasteiger partial charge in [-0.05, 0) is 28.9 Å². The normalized spacial score (nSPS) is 12.5. The quantitative estimate of drug-likeness (QED) is 0.890. The van der Waals surface area contributed by atoms with Gasteiger partial charge in [-0.1, -0.05) is 11.6 Å². The molecule has 1 aliphatic rings. The van der Waals surface area contributed by atoms with Gasteiger partial charge in [0.1, 0.15) is 5.69 Å². The molecule has 1 aromatic heterocycles. The minimum Gasteiger partial charge on any atom is -0.454 e. The van der Waals surface area contributed by atoms with Crippen LogP contribution in [0.4, 0.5) is 5.69 Å². The third-order valence-corrected chi connectivity index (χ3v) is 3.89. The van der Waals surface area contributed by atoms with E-state index in [1.807, 2.05) is 17.7 Å². The molecule has 0 atom stereocenters. The molecule has 1 aromatic carbocycles. The Hall–Kier alpha value is -1.66. The fraction of sp³-hybridized carbons (Fsp3) is 0.214. The largest absolute Gasteiger partial charge is 0.454 e. The standard InChI is InChI=1S/C14H12BrClN2O3/c1-2-18-6-8(15)3-11(18)14(19)17-10-5-13-12(4-9(10)16)20-7-21-13/h3-6H,2,7H2,1H3,(H,17,19). The van der Waals surface area contributed by atoms with Crippen LogP contribution < -0.4 is 14.8 Å². The van der Waals surface area contributed by atoms with Crippen molar-refractivity contribution in [1.29, 1.82) is 0 Å². The highest BCUT2D eigenvalue weighted by molar-refractivity contribution is 9.10. The number of fused-ring (bicyclic) bond motifs is 1. The summed E-state index contributed by atoms with van der Waals surface area (Å²) >= 11 is 9.52. The summed E-state index contributed by atoms with van der Waals surface area (Å²) < 4.78 is 13.2. The van der Waals surface area contributed by atoms with Gasteiger partial charge in [-0.3, -0.25) is 4.79 Å². The maximum absolute atomic E-state index is 12.4. The van der Waals surface area contributed by atoms with Gasteiger partial charge in [0.25, 0.3) is 5.91 Å². The molecule has 1 amide bonds. The highest BCUT2D eigenvalue weighted by Crippen LogP contribution is 2.39. The van der Waals surface area contributed by atoms with Crippen LogP contribution in [-0.4, -0.2) is 17.3 Å². The van der Waals surface area contributed by atoms with Gasteiger partial charge < -0.3 is 19.4 Å². The fourth-order valence-electron chi connectivity index (χ4n) is 2.13. The molecular weight excluding hydrogens is 360 g/mol. The first-order valence-electron chi connectivity index (χ1n) is 6.34. The van der Waals surface area contributed by atoms with Crippen molar-refractivity contribution in [2.24, 2.45) is 0 Å². The van der Waals surface area contributed by atoms with Gasteiger partial charge in [-0.2, -0.15) is 0 Å². The molecule has 5 nitrogen and oxygen atoms in total. The average molecular weight is 372 g/mol. The molecule has 0 unspecified atom stereocenters. The Morgan fingerprint density at radius 2 is 2.10 bits per heavy atom. The van der Waals surface area contributed by atoms with E-state index in [0.717, 1.165) is 4.47 Å². The Bertz CT molecular complexity index is 714. The van der Waals surface area contributed by atoms with Crippen LogP contribution in [0.15, 0.2) is 28.9 Å². The topological polar surface area (TPSA) is 52.5 Å². The van der Waals surface area contributed by atoms with Gasteiger partial charge in [0.15, 0.2) is 11.5 Å². The van der Waals surface area contributed by atoms with Gasteiger partial charge in [0.2, 0.25) is 6.79 Å². The molecule has 0 fully saturated rings. The number of carbonyl (C=O) groups excluding carboxylic acids is 1. The number of anilines is 1. The van der Waals surface area contributed by atoms with Crippen LogP contribution in [0.3, 0.4) is 0 Å². The predicted molar refractivity (Wildman–Crippen MR) is 83.3 cm³/mol. The molecule has 0 saturated heterocycles. The average Bonchev–Trinajstić information content (AvgIpc) is 3.04. The molecule has 21 heavy (non-hydrogen) atoms. The van der Waals surface area contributed by atoms with Crippen molar-refractivity contribution < 1.29 is 14.3 Å². The van der Waals surface area contributed by atoms with Crippen LogP contribution >= 0.6 is 27.5 Å². The second-order valence-electron chi connectivity index (χ2n) is 4.47. The monoisotopic (exact) mass is 370 g/mol. The zero-order chi connectivity index (χ0) is 15.0. The Kier molecular flexibility index (Phi) is 3.82. The highest BCUT2D eigenvalue weighted by Gasteiger charge is 2.19. The van der Waals surface area contributed by atoms with Crippen molar-refractivity contribution in [2.45, 2.75) is 13.5 Å². The van der Waals surface area contributed by atoms with Crippen molar-refractivity contribution in [3.05, 3.63) is 39.6 Å². The number of amides is 1. The number of aryl methyl sites for hydroxylation is 1. The number of nitrogens with zero attached hydrogens (tertiary/aromatic N) is 1. The first kappa shape index (κ1) is 14.3. The van der Waals surface area contributed by atoms with E-state index in [9.17, 15) is 4.79 Å². The molecule has 110 valence electrons. The molecule has 1 N–H and O–H groups in total. The molecule has 0 saturated carbocycles. The van der Waals surface area contributed by atoms with E-state index in [4.69, 9.17) is 21.1 Å². The van der Waals surface area contributed by atoms with Crippen molar-refractivity contribution in [3.8, 4) is 11.5 Å². The summed E-state index contributed by atoms with van der Waals surface area (Å²) in [4.78, 5) is 12.4. The van der Waals surface area contributed by atoms with Crippen LogP contribution in [0.1, 0.15) is 17.4 Å². The second kappa shape index (κ2) is 5.61. The molecule has 0 spiro atoms. The predicted octanol–water partition coefficient (Wildman–Crippen LogP) is 3.90. The molecule has 2 heterocycles. The maximum atomic E-state index is 12.4. The van der Waals surface area contributed by atoms with Crippen LogP contribution in [0.2, 0.25) is 5.02 Å². The van der Waals surface area contributed by atoms with Crippen LogP contribution in [-0.2, 0) is 6.54 Å². The molecule has 3 rings (SSSR count). The molecule has 1 aliphatic heterocycles. The van der Waals surface area contributed by atoms with Gasteiger partial charge in [0.05, 0.1) is 10.7 Å². The zero-order valence-electron chi connectivity index (χ0n) is 11.2. The Labute approximate surface area is 134 Å². The molecule has 0 radical (unpaired) electrons. The summed E-state index contributed by atoms with van der Waals surface area (Å²) in [6.45, 7) is 2.83. The smallest absolute Gasteiger partial charge is 0.272 e. The second-order valence-corrected chi connectivity index (χ2v) is 5.79. The summed E-state index contributed by atoms with van der Waals surface area (Å²) in [5.74, 6) is 0.919. The summed E-state index contributed by atoms with van der Waals surface area (Å²) in [5.41, 5.74) is 1.05. The number of halogens is 2. The molecular formula is C14H12BrClN2O3. The first-order valence-corrected chi connectivity index (χ1v) is 7.51. The van der Waals surface area contributed by atoms with Crippen molar-refractivity contribution >= 4 is 39.1 Å². The lowest BCUT2D eigenvalue weighted by Crippen LogP contribution is -2.16. The third-order valence-electron chi connectivity index (χ3n) is 3.15. The Morgan fingerprint density at radius 1 is 1.38 bits per heavy atom. The van der Waals surface area contributed by atoms with E-state index < -0.39 is 0 Å². The van der Waals surface area contributed by atoms with Crippen LogP contribution in [0, 0.1) is 0 Å². The summed E-state index contributed by atoms with van der Waals surface area (Å²) in [6.07, 6.45) is 1.86. The van der Waals surface area contributed by atoms with Crippen molar-refractivity contribution in [1.82, 2.24) is 4.57 Å². The molecule has 2 aromatic rings. The number of benzene rings is 1. The van der Waals surface area contributed by atoms with E-state index in [1.54, 1.807) is 18.2 Å². The summed E-state index contributed by atoms with van der Waals surface area (Å²) in [5, 5.41) is 3.20. The van der Waals surface area contributed by atoms with Gasteiger partial charge in [-0.25, -0.2) is 0 Å². The van der Waals surface area contributed by atoms with E-state index in [0.29, 0.717) is 34.4 Å². The Morgan fingerprint density at radius 3 is 2.81 bits per heavy atom. The SMILES string of the molecule is CCn1cc(Br)cc1C(=O)Nc1cc2c(cc1Cl)OCO2. The number of carbonyl (C=O) groups is 1. The molecule has 7 heteroatoms.